The molecule has 1 aromatic heterocycles. The van der Waals surface area contributed by atoms with Crippen molar-refractivity contribution < 1.29 is 8.78 Å². The maximum atomic E-state index is 13.2. The van der Waals surface area contributed by atoms with Gasteiger partial charge in [0.1, 0.15) is 0 Å². The second-order valence-electron chi connectivity index (χ2n) is 9.56. The highest BCUT2D eigenvalue weighted by molar-refractivity contribution is 5.22. The first kappa shape index (κ1) is 19.4. The van der Waals surface area contributed by atoms with Crippen LogP contribution < -0.4 is 0 Å². The molecule has 1 atom stereocenters. The molecule has 0 aromatic carbocycles. The lowest BCUT2D eigenvalue weighted by molar-refractivity contribution is -0.00954. The Labute approximate surface area is 145 Å². The van der Waals surface area contributed by atoms with E-state index in [1.165, 1.54) is 5.69 Å². The van der Waals surface area contributed by atoms with E-state index in [0.717, 1.165) is 38.7 Å². The Morgan fingerprint density at radius 1 is 1.08 bits per heavy atom. The maximum Gasteiger partial charge on any atom is 0.257 e. The van der Waals surface area contributed by atoms with Crippen molar-refractivity contribution in [2.75, 3.05) is 19.6 Å². The Kier molecular flexibility index (Phi) is 5.16. The number of nitrogens with zero attached hydrogens (tertiary/aromatic N) is 3. The zero-order valence-electron chi connectivity index (χ0n) is 16.3. The number of likely N-dealkylation sites (tertiary alicyclic amines) is 1. The van der Waals surface area contributed by atoms with E-state index in [-0.39, 0.29) is 17.4 Å². The summed E-state index contributed by atoms with van der Waals surface area (Å²) in [4.78, 5) is 1.88. The van der Waals surface area contributed by atoms with Crippen LogP contribution in [0, 0.1) is 5.92 Å². The summed E-state index contributed by atoms with van der Waals surface area (Å²) in [6.07, 6.45) is 0.963. The lowest BCUT2D eigenvalue weighted by Crippen LogP contribution is -2.33. The number of alkyl halides is 2. The summed E-state index contributed by atoms with van der Waals surface area (Å²) in [7, 11) is 0. The van der Waals surface area contributed by atoms with Crippen molar-refractivity contribution in [3.05, 3.63) is 17.5 Å². The summed E-state index contributed by atoms with van der Waals surface area (Å²) in [5.74, 6) is -2.22. The van der Waals surface area contributed by atoms with E-state index in [1.54, 1.807) is 0 Å². The lowest BCUT2D eigenvalue weighted by atomic mass is 9.88. The average molecular weight is 341 g/mol. The number of aromatic nitrogens is 2. The van der Waals surface area contributed by atoms with Gasteiger partial charge in [0.2, 0.25) is 0 Å². The first-order valence-corrected chi connectivity index (χ1v) is 8.95. The van der Waals surface area contributed by atoms with Gasteiger partial charge in [0, 0.05) is 36.5 Å². The third-order valence-corrected chi connectivity index (χ3v) is 4.62. The van der Waals surface area contributed by atoms with Crippen molar-refractivity contribution >= 4 is 0 Å². The highest BCUT2D eigenvalue weighted by Crippen LogP contribution is 2.30. The van der Waals surface area contributed by atoms with Gasteiger partial charge in [0.25, 0.3) is 5.92 Å². The summed E-state index contributed by atoms with van der Waals surface area (Å²) >= 11 is 0. The predicted octanol–water partition coefficient (Wildman–Crippen LogP) is 4.46. The van der Waals surface area contributed by atoms with Crippen molar-refractivity contribution in [1.29, 1.82) is 0 Å². The van der Waals surface area contributed by atoms with E-state index in [0.29, 0.717) is 5.92 Å². The predicted molar refractivity (Wildman–Crippen MR) is 94.8 cm³/mol. The van der Waals surface area contributed by atoms with Crippen LogP contribution in [-0.2, 0) is 17.4 Å². The largest absolute Gasteiger partial charge is 0.297 e. The van der Waals surface area contributed by atoms with Crippen LogP contribution in [0.2, 0.25) is 0 Å². The Hall–Kier alpha value is -0.970. The minimum absolute atomic E-state index is 0.0111. The molecule has 1 aliphatic rings. The minimum atomic E-state index is -2.61. The Bertz CT molecular complexity index is 559. The smallest absolute Gasteiger partial charge is 0.257 e. The van der Waals surface area contributed by atoms with Crippen LogP contribution in [0.25, 0.3) is 0 Å². The lowest BCUT2D eigenvalue weighted by Gasteiger charge is -2.23. The van der Waals surface area contributed by atoms with Crippen molar-refractivity contribution in [2.45, 2.75) is 78.2 Å². The number of hydrogen-bond acceptors (Lipinski definition) is 2. The van der Waals surface area contributed by atoms with Crippen molar-refractivity contribution in [1.82, 2.24) is 14.7 Å². The molecule has 0 N–H and O–H groups in total. The van der Waals surface area contributed by atoms with E-state index >= 15 is 0 Å². The summed E-state index contributed by atoms with van der Waals surface area (Å²) in [6, 6.07) is 2.22. The molecule has 0 amide bonds. The zero-order valence-corrected chi connectivity index (χ0v) is 16.3. The molecule has 0 bridgehead atoms. The summed E-state index contributed by atoms with van der Waals surface area (Å²) in [5.41, 5.74) is 2.36. The molecule has 0 radical (unpaired) electrons. The van der Waals surface area contributed by atoms with Gasteiger partial charge in [-0.3, -0.25) is 9.58 Å². The fourth-order valence-corrected chi connectivity index (χ4v) is 3.37. The standard InChI is InChI=1S/C19H33F2N3/c1-17(2,3)15-10-16(18(4,5)6)24(22-15)12-14-8-9-23(11-14)13-19(7,20)21/h10,14H,8-9,11-13H2,1-7H3. The van der Waals surface area contributed by atoms with Crippen LogP contribution in [0.3, 0.4) is 0 Å². The van der Waals surface area contributed by atoms with Gasteiger partial charge in [-0.25, -0.2) is 8.78 Å². The fourth-order valence-electron chi connectivity index (χ4n) is 3.37. The van der Waals surface area contributed by atoms with Gasteiger partial charge in [0.05, 0.1) is 12.2 Å². The summed E-state index contributed by atoms with van der Waals surface area (Å²) in [6.45, 7) is 16.3. The van der Waals surface area contributed by atoms with Crippen LogP contribution in [-0.4, -0.2) is 40.2 Å². The molecule has 2 heterocycles. The molecule has 1 unspecified atom stereocenters. The molecule has 138 valence electrons. The Morgan fingerprint density at radius 2 is 1.71 bits per heavy atom. The van der Waals surface area contributed by atoms with Crippen LogP contribution >= 0.6 is 0 Å². The summed E-state index contributed by atoms with van der Waals surface area (Å²) < 4.78 is 28.6. The maximum absolute atomic E-state index is 13.2. The number of halogens is 2. The molecule has 1 saturated heterocycles. The minimum Gasteiger partial charge on any atom is -0.297 e. The molecule has 0 aliphatic carbocycles. The van der Waals surface area contributed by atoms with Crippen molar-refractivity contribution in [3.8, 4) is 0 Å². The monoisotopic (exact) mass is 341 g/mol. The normalized spacial score (nSPS) is 20.8. The third-order valence-electron chi connectivity index (χ3n) is 4.62. The van der Waals surface area contributed by atoms with E-state index in [9.17, 15) is 8.78 Å². The SMILES string of the molecule is CC(F)(F)CN1CCC(Cn2nc(C(C)(C)C)cc2C(C)(C)C)C1. The number of rotatable bonds is 4. The molecule has 1 fully saturated rings. The van der Waals surface area contributed by atoms with Gasteiger partial charge in [-0.15, -0.1) is 0 Å². The second kappa shape index (κ2) is 6.40. The molecule has 0 saturated carbocycles. The Morgan fingerprint density at radius 3 is 2.21 bits per heavy atom. The van der Waals surface area contributed by atoms with Crippen molar-refractivity contribution in [3.63, 3.8) is 0 Å². The topological polar surface area (TPSA) is 21.1 Å². The van der Waals surface area contributed by atoms with E-state index in [2.05, 4.69) is 52.3 Å². The highest BCUT2D eigenvalue weighted by Gasteiger charge is 2.32. The zero-order chi connectivity index (χ0) is 18.3. The van der Waals surface area contributed by atoms with Gasteiger partial charge >= 0.3 is 0 Å². The van der Waals surface area contributed by atoms with E-state index in [1.807, 2.05) is 4.90 Å². The fraction of sp³-hybridized carbons (Fsp3) is 0.842. The van der Waals surface area contributed by atoms with Crippen LogP contribution in [0.1, 0.15) is 66.3 Å². The highest BCUT2D eigenvalue weighted by atomic mass is 19.3. The molecule has 5 heteroatoms. The molecule has 0 spiro atoms. The van der Waals surface area contributed by atoms with Gasteiger partial charge < -0.3 is 0 Å². The molecular weight excluding hydrogens is 308 g/mol. The second-order valence-corrected chi connectivity index (χ2v) is 9.56. The van der Waals surface area contributed by atoms with Crippen molar-refractivity contribution in [2.24, 2.45) is 5.92 Å². The molecule has 24 heavy (non-hydrogen) atoms. The Balaban J connectivity index is 2.14. The summed E-state index contributed by atoms with van der Waals surface area (Å²) in [5, 5.41) is 4.86. The quantitative estimate of drug-likeness (QED) is 0.806. The molecule has 1 aromatic rings. The first-order chi connectivity index (χ1) is 10.8. The average Bonchev–Trinajstić information content (AvgIpc) is 2.93. The first-order valence-electron chi connectivity index (χ1n) is 8.95. The van der Waals surface area contributed by atoms with Gasteiger partial charge in [-0.2, -0.15) is 5.10 Å². The van der Waals surface area contributed by atoms with Crippen LogP contribution in [0.5, 0.6) is 0 Å². The van der Waals surface area contributed by atoms with Gasteiger partial charge in [-0.05, 0) is 24.9 Å². The molecular formula is C19H33F2N3. The van der Waals surface area contributed by atoms with E-state index in [4.69, 9.17) is 5.10 Å². The number of hydrogen-bond donors (Lipinski definition) is 0. The van der Waals surface area contributed by atoms with Gasteiger partial charge in [0.15, 0.2) is 0 Å². The molecule has 3 nitrogen and oxygen atoms in total. The van der Waals surface area contributed by atoms with Crippen LogP contribution in [0.15, 0.2) is 6.07 Å². The molecule has 1 aliphatic heterocycles. The third kappa shape index (κ3) is 5.01. The molecule has 2 rings (SSSR count). The van der Waals surface area contributed by atoms with E-state index < -0.39 is 5.92 Å². The van der Waals surface area contributed by atoms with Crippen LogP contribution in [0.4, 0.5) is 8.78 Å². The van der Waals surface area contributed by atoms with Gasteiger partial charge in [-0.1, -0.05) is 41.5 Å².